The van der Waals surface area contributed by atoms with Crippen molar-refractivity contribution in [3.05, 3.63) is 65.5 Å². The number of carbonyl (C=O) groups is 2. The lowest BCUT2D eigenvalue weighted by molar-refractivity contribution is -0.115. The summed E-state index contributed by atoms with van der Waals surface area (Å²) in [6.45, 7) is 1.47. The van der Waals surface area contributed by atoms with Crippen LogP contribution in [0.1, 0.15) is 22.8 Å². The first-order valence-electron chi connectivity index (χ1n) is 6.20. The summed E-state index contributed by atoms with van der Waals surface area (Å²) >= 11 is 0. The highest BCUT2D eigenvalue weighted by molar-refractivity contribution is 5.97. The highest BCUT2D eigenvalue weighted by Gasteiger charge is 2.06. The van der Waals surface area contributed by atoms with Gasteiger partial charge in [-0.15, -0.1) is 0 Å². The van der Waals surface area contributed by atoms with Crippen molar-refractivity contribution in [2.75, 3.05) is 5.32 Å². The summed E-state index contributed by atoms with van der Waals surface area (Å²) < 4.78 is 13.0. The van der Waals surface area contributed by atoms with Crippen molar-refractivity contribution in [1.82, 2.24) is 0 Å². The van der Waals surface area contributed by atoms with E-state index < -0.39 is 0 Å². The fourth-order valence-corrected chi connectivity index (χ4v) is 1.85. The van der Waals surface area contributed by atoms with Gasteiger partial charge in [0.15, 0.2) is 5.78 Å². The van der Waals surface area contributed by atoms with E-state index in [4.69, 9.17) is 0 Å². The molecule has 2 aromatic carbocycles. The van der Waals surface area contributed by atoms with E-state index in [-0.39, 0.29) is 23.9 Å². The molecular weight excluding hydrogens is 257 g/mol. The molecule has 0 radical (unpaired) electrons. The third kappa shape index (κ3) is 3.75. The predicted molar refractivity (Wildman–Crippen MR) is 75.2 cm³/mol. The molecule has 2 aromatic rings. The molecule has 102 valence electrons. The Balaban J connectivity index is 2.04. The fourth-order valence-electron chi connectivity index (χ4n) is 1.85. The number of anilines is 1. The number of benzene rings is 2. The molecule has 0 saturated heterocycles. The third-order valence-electron chi connectivity index (χ3n) is 2.81. The Kier molecular flexibility index (Phi) is 4.25. The average molecular weight is 271 g/mol. The van der Waals surface area contributed by atoms with Crippen LogP contribution in [-0.2, 0) is 11.2 Å². The molecule has 1 amide bonds. The predicted octanol–water partition coefficient (Wildman–Crippen LogP) is 3.21. The number of Topliss-reactive ketones (excluding diaryl/α,β-unsaturated/α-hetero) is 1. The molecule has 0 heterocycles. The van der Waals surface area contributed by atoms with E-state index in [0.29, 0.717) is 16.8 Å². The standard InChI is InChI=1S/C16H14FNO2/c1-11(19)13-5-3-7-15(10-13)18-16(20)9-12-4-2-6-14(17)8-12/h2-8,10H,9H2,1H3,(H,18,20). The molecule has 2 rings (SSSR count). The second-order valence-electron chi connectivity index (χ2n) is 4.49. The van der Waals surface area contributed by atoms with E-state index >= 15 is 0 Å². The fraction of sp³-hybridized carbons (Fsp3) is 0.125. The molecule has 0 aliphatic heterocycles. The Morgan fingerprint density at radius 2 is 1.85 bits per heavy atom. The van der Waals surface area contributed by atoms with Crippen molar-refractivity contribution in [2.24, 2.45) is 0 Å². The Morgan fingerprint density at radius 3 is 2.55 bits per heavy atom. The Labute approximate surface area is 116 Å². The molecule has 0 aromatic heterocycles. The van der Waals surface area contributed by atoms with E-state index in [1.54, 1.807) is 36.4 Å². The maximum atomic E-state index is 13.0. The normalized spacial score (nSPS) is 10.1. The first kappa shape index (κ1) is 13.9. The maximum absolute atomic E-state index is 13.0. The topological polar surface area (TPSA) is 46.2 Å². The summed E-state index contributed by atoms with van der Waals surface area (Å²) in [5.74, 6) is -0.684. The molecule has 0 saturated carbocycles. The number of carbonyl (C=O) groups excluding carboxylic acids is 2. The van der Waals surface area contributed by atoms with Gasteiger partial charge in [-0.2, -0.15) is 0 Å². The smallest absolute Gasteiger partial charge is 0.228 e. The van der Waals surface area contributed by atoms with E-state index in [0.717, 1.165) is 0 Å². The van der Waals surface area contributed by atoms with Crippen molar-refractivity contribution >= 4 is 17.4 Å². The number of hydrogen-bond acceptors (Lipinski definition) is 2. The maximum Gasteiger partial charge on any atom is 0.228 e. The molecule has 0 fully saturated rings. The van der Waals surface area contributed by atoms with Crippen molar-refractivity contribution in [3.63, 3.8) is 0 Å². The van der Waals surface area contributed by atoms with Gasteiger partial charge in [0, 0.05) is 11.3 Å². The Hall–Kier alpha value is -2.49. The van der Waals surface area contributed by atoms with Gasteiger partial charge in [0.25, 0.3) is 0 Å². The molecule has 20 heavy (non-hydrogen) atoms. The lowest BCUT2D eigenvalue weighted by Gasteiger charge is -2.06. The molecule has 1 N–H and O–H groups in total. The summed E-state index contributed by atoms with van der Waals surface area (Å²) in [6, 6.07) is 12.6. The lowest BCUT2D eigenvalue weighted by Crippen LogP contribution is -2.14. The summed E-state index contributed by atoms with van der Waals surface area (Å²) in [5, 5.41) is 2.69. The Morgan fingerprint density at radius 1 is 1.10 bits per heavy atom. The monoisotopic (exact) mass is 271 g/mol. The van der Waals surface area contributed by atoms with Gasteiger partial charge in [-0.1, -0.05) is 24.3 Å². The van der Waals surface area contributed by atoms with Gasteiger partial charge < -0.3 is 5.32 Å². The second-order valence-corrected chi connectivity index (χ2v) is 4.49. The van der Waals surface area contributed by atoms with Gasteiger partial charge in [0.2, 0.25) is 5.91 Å². The minimum absolute atomic E-state index is 0.0637. The van der Waals surface area contributed by atoms with Crippen LogP contribution in [0.2, 0.25) is 0 Å². The summed E-state index contributed by atoms with van der Waals surface area (Å²) in [7, 11) is 0. The number of nitrogens with one attached hydrogen (secondary N) is 1. The van der Waals surface area contributed by atoms with Crippen molar-refractivity contribution in [1.29, 1.82) is 0 Å². The van der Waals surface area contributed by atoms with Crippen LogP contribution >= 0.6 is 0 Å². The molecule has 0 unspecified atom stereocenters. The number of halogens is 1. The van der Waals surface area contributed by atoms with Crippen molar-refractivity contribution < 1.29 is 14.0 Å². The van der Waals surface area contributed by atoms with Crippen molar-refractivity contribution in [3.8, 4) is 0 Å². The molecule has 0 atom stereocenters. The van der Waals surface area contributed by atoms with Gasteiger partial charge in [0.1, 0.15) is 5.82 Å². The average Bonchev–Trinajstić information content (AvgIpc) is 2.38. The number of ketones is 1. The molecule has 0 bridgehead atoms. The minimum Gasteiger partial charge on any atom is -0.326 e. The molecule has 0 aliphatic carbocycles. The summed E-state index contributed by atoms with van der Waals surface area (Å²) in [6.07, 6.45) is 0.0854. The first-order chi connectivity index (χ1) is 9.54. The van der Waals surface area contributed by atoms with Crippen LogP contribution in [0.25, 0.3) is 0 Å². The third-order valence-corrected chi connectivity index (χ3v) is 2.81. The molecule has 3 nitrogen and oxygen atoms in total. The van der Waals surface area contributed by atoms with Crippen LogP contribution in [0.3, 0.4) is 0 Å². The largest absolute Gasteiger partial charge is 0.326 e. The van der Waals surface area contributed by atoms with E-state index in [1.165, 1.54) is 19.1 Å². The molecule has 4 heteroatoms. The summed E-state index contributed by atoms with van der Waals surface area (Å²) in [4.78, 5) is 23.1. The van der Waals surface area contributed by atoms with Gasteiger partial charge in [0.05, 0.1) is 6.42 Å². The molecule has 0 spiro atoms. The van der Waals surface area contributed by atoms with Crippen LogP contribution in [0.4, 0.5) is 10.1 Å². The second kappa shape index (κ2) is 6.10. The zero-order valence-electron chi connectivity index (χ0n) is 11.0. The van der Waals surface area contributed by atoms with E-state index in [1.807, 2.05) is 0 Å². The zero-order valence-corrected chi connectivity index (χ0v) is 11.0. The van der Waals surface area contributed by atoms with Gasteiger partial charge in [-0.25, -0.2) is 4.39 Å². The first-order valence-corrected chi connectivity index (χ1v) is 6.20. The van der Waals surface area contributed by atoms with Crippen LogP contribution < -0.4 is 5.32 Å². The van der Waals surface area contributed by atoms with E-state index in [9.17, 15) is 14.0 Å². The van der Waals surface area contributed by atoms with Gasteiger partial charge >= 0.3 is 0 Å². The van der Waals surface area contributed by atoms with Gasteiger partial charge in [-0.3, -0.25) is 9.59 Å². The quantitative estimate of drug-likeness (QED) is 0.868. The molecule has 0 aliphatic rings. The zero-order chi connectivity index (χ0) is 14.5. The van der Waals surface area contributed by atoms with Crippen LogP contribution in [0.5, 0.6) is 0 Å². The van der Waals surface area contributed by atoms with Gasteiger partial charge in [-0.05, 0) is 36.8 Å². The molecular formula is C16H14FNO2. The van der Waals surface area contributed by atoms with Crippen LogP contribution in [0, 0.1) is 5.82 Å². The van der Waals surface area contributed by atoms with Crippen molar-refractivity contribution in [2.45, 2.75) is 13.3 Å². The SMILES string of the molecule is CC(=O)c1cccc(NC(=O)Cc2cccc(F)c2)c1. The number of rotatable bonds is 4. The Bertz CT molecular complexity index is 652. The summed E-state index contributed by atoms with van der Waals surface area (Å²) in [5.41, 5.74) is 1.69. The van der Waals surface area contributed by atoms with Crippen LogP contribution in [0.15, 0.2) is 48.5 Å². The highest BCUT2D eigenvalue weighted by Crippen LogP contribution is 2.12. The highest BCUT2D eigenvalue weighted by atomic mass is 19.1. The number of hydrogen-bond donors (Lipinski definition) is 1. The van der Waals surface area contributed by atoms with Crippen LogP contribution in [-0.4, -0.2) is 11.7 Å². The number of amides is 1. The lowest BCUT2D eigenvalue weighted by atomic mass is 10.1. The van der Waals surface area contributed by atoms with E-state index in [2.05, 4.69) is 5.32 Å². The minimum atomic E-state index is -0.367.